The highest BCUT2D eigenvalue weighted by molar-refractivity contribution is 5.94. The fourth-order valence-corrected chi connectivity index (χ4v) is 3.16. The van der Waals surface area contributed by atoms with E-state index in [1.807, 2.05) is 36.4 Å². The predicted molar refractivity (Wildman–Crippen MR) is 99.4 cm³/mol. The van der Waals surface area contributed by atoms with Gasteiger partial charge in [0.2, 0.25) is 0 Å². The van der Waals surface area contributed by atoms with Crippen LogP contribution in [0.25, 0.3) is 22.2 Å². The lowest BCUT2D eigenvalue weighted by Crippen LogP contribution is -2.43. The van der Waals surface area contributed by atoms with E-state index in [1.54, 1.807) is 0 Å². The lowest BCUT2D eigenvalue weighted by atomic mass is 10.1. The lowest BCUT2D eigenvalue weighted by Gasteiger charge is -2.30. The second-order valence-electron chi connectivity index (χ2n) is 5.91. The standard InChI is InChI=1S/C19H17F2N3.ClH/c20-14-10-15-18(24-8-6-22-7-9-24)12-17(13-4-2-1-3-5-13)23-19(15)16(21)11-14;/h1-5,10-12,22H,6-9H2;1H. The van der Waals surface area contributed by atoms with E-state index in [0.717, 1.165) is 43.5 Å². The van der Waals surface area contributed by atoms with Gasteiger partial charge in [0.25, 0.3) is 0 Å². The van der Waals surface area contributed by atoms with Crippen molar-refractivity contribution >= 4 is 29.0 Å². The maximum Gasteiger partial charge on any atom is 0.152 e. The first-order valence-electron chi connectivity index (χ1n) is 8.03. The number of hydrogen-bond donors (Lipinski definition) is 1. The number of benzene rings is 2. The van der Waals surface area contributed by atoms with Gasteiger partial charge in [0.1, 0.15) is 11.3 Å². The summed E-state index contributed by atoms with van der Waals surface area (Å²) < 4.78 is 28.1. The molecule has 2 heterocycles. The molecule has 1 aliphatic rings. The molecule has 2 aromatic carbocycles. The molecular weight excluding hydrogens is 344 g/mol. The van der Waals surface area contributed by atoms with Crippen LogP contribution in [0.5, 0.6) is 0 Å². The maximum atomic E-state index is 14.4. The summed E-state index contributed by atoms with van der Waals surface area (Å²) in [7, 11) is 0. The Morgan fingerprint density at radius 2 is 1.68 bits per heavy atom. The molecule has 3 aromatic rings. The maximum absolute atomic E-state index is 14.4. The number of anilines is 1. The van der Waals surface area contributed by atoms with Gasteiger partial charge in [-0.3, -0.25) is 0 Å². The Bertz CT molecular complexity index is 881. The van der Waals surface area contributed by atoms with Gasteiger partial charge in [0.05, 0.1) is 5.69 Å². The Hall–Kier alpha value is -2.24. The van der Waals surface area contributed by atoms with Gasteiger partial charge in [-0.15, -0.1) is 12.4 Å². The first-order valence-corrected chi connectivity index (χ1v) is 8.03. The van der Waals surface area contributed by atoms with Crippen LogP contribution in [0.1, 0.15) is 0 Å². The molecule has 4 rings (SSSR count). The molecule has 1 saturated heterocycles. The third-order valence-corrected chi connectivity index (χ3v) is 4.34. The number of aromatic nitrogens is 1. The Labute approximate surface area is 151 Å². The summed E-state index contributed by atoms with van der Waals surface area (Å²) in [5.74, 6) is -1.20. The smallest absolute Gasteiger partial charge is 0.152 e. The molecule has 130 valence electrons. The van der Waals surface area contributed by atoms with Gasteiger partial charge in [-0.05, 0) is 12.1 Å². The van der Waals surface area contributed by atoms with E-state index >= 15 is 0 Å². The highest BCUT2D eigenvalue weighted by Crippen LogP contribution is 2.33. The van der Waals surface area contributed by atoms with Crippen LogP contribution in [0.4, 0.5) is 14.5 Å². The van der Waals surface area contributed by atoms with Crippen LogP contribution in [-0.4, -0.2) is 31.2 Å². The van der Waals surface area contributed by atoms with Crippen LogP contribution >= 0.6 is 12.4 Å². The highest BCUT2D eigenvalue weighted by Gasteiger charge is 2.18. The van der Waals surface area contributed by atoms with Crippen LogP contribution in [0.15, 0.2) is 48.5 Å². The van der Waals surface area contributed by atoms with Crippen molar-refractivity contribution in [3.05, 3.63) is 60.2 Å². The van der Waals surface area contributed by atoms with Crippen molar-refractivity contribution in [2.45, 2.75) is 0 Å². The molecule has 0 spiro atoms. The van der Waals surface area contributed by atoms with Gasteiger partial charge in [-0.25, -0.2) is 13.8 Å². The highest BCUT2D eigenvalue weighted by atomic mass is 35.5. The van der Waals surface area contributed by atoms with Crippen molar-refractivity contribution in [2.24, 2.45) is 0 Å². The minimum Gasteiger partial charge on any atom is -0.368 e. The SMILES string of the molecule is Cl.Fc1cc(F)c2nc(-c3ccccc3)cc(N3CCNCC3)c2c1. The normalized spacial score (nSPS) is 14.4. The summed E-state index contributed by atoms with van der Waals surface area (Å²) in [6, 6.07) is 13.9. The molecule has 3 nitrogen and oxygen atoms in total. The molecule has 1 aromatic heterocycles. The van der Waals surface area contributed by atoms with Crippen LogP contribution in [-0.2, 0) is 0 Å². The monoisotopic (exact) mass is 361 g/mol. The van der Waals surface area contributed by atoms with E-state index in [2.05, 4.69) is 15.2 Å². The number of fused-ring (bicyclic) bond motifs is 1. The lowest BCUT2D eigenvalue weighted by molar-refractivity contribution is 0.585. The van der Waals surface area contributed by atoms with Gasteiger partial charge in [0.15, 0.2) is 5.82 Å². The zero-order chi connectivity index (χ0) is 16.5. The molecular formula is C19H18ClF2N3. The van der Waals surface area contributed by atoms with Crippen molar-refractivity contribution in [1.29, 1.82) is 0 Å². The summed E-state index contributed by atoms with van der Waals surface area (Å²) in [4.78, 5) is 6.62. The third-order valence-electron chi connectivity index (χ3n) is 4.34. The van der Waals surface area contributed by atoms with Gasteiger partial charge >= 0.3 is 0 Å². The van der Waals surface area contributed by atoms with Crippen molar-refractivity contribution in [1.82, 2.24) is 10.3 Å². The first-order chi connectivity index (χ1) is 11.7. The van der Waals surface area contributed by atoms with Gasteiger partial charge < -0.3 is 10.2 Å². The summed E-state index contributed by atoms with van der Waals surface area (Å²) in [6.07, 6.45) is 0. The van der Waals surface area contributed by atoms with Crippen molar-refractivity contribution in [3.63, 3.8) is 0 Å². The van der Waals surface area contributed by atoms with E-state index in [4.69, 9.17) is 0 Å². The molecule has 0 bridgehead atoms. The van der Waals surface area contributed by atoms with E-state index < -0.39 is 11.6 Å². The number of nitrogens with one attached hydrogen (secondary N) is 1. The zero-order valence-corrected chi connectivity index (χ0v) is 14.3. The number of hydrogen-bond acceptors (Lipinski definition) is 3. The molecule has 25 heavy (non-hydrogen) atoms. The van der Waals surface area contributed by atoms with Gasteiger partial charge in [0, 0.05) is 48.9 Å². The van der Waals surface area contributed by atoms with E-state index in [9.17, 15) is 8.78 Å². The quantitative estimate of drug-likeness (QED) is 0.747. The molecule has 0 amide bonds. The number of nitrogens with zero attached hydrogens (tertiary/aromatic N) is 2. The average molecular weight is 362 g/mol. The average Bonchev–Trinajstić information content (AvgIpc) is 2.62. The summed E-state index contributed by atoms with van der Waals surface area (Å²) in [5.41, 5.74) is 2.66. The molecule has 1 N–H and O–H groups in total. The van der Waals surface area contributed by atoms with E-state index in [1.165, 1.54) is 6.07 Å². The summed E-state index contributed by atoms with van der Waals surface area (Å²) >= 11 is 0. The second-order valence-corrected chi connectivity index (χ2v) is 5.91. The fourth-order valence-electron chi connectivity index (χ4n) is 3.16. The first kappa shape index (κ1) is 17.6. The Morgan fingerprint density at radius 3 is 2.40 bits per heavy atom. The van der Waals surface area contributed by atoms with Crippen molar-refractivity contribution < 1.29 is 8.78 Å². The Morgan fingerprint density at radius 1 is 0.960 bits per heavy atom. The van der Waals surface area contributed by atoms with Gasteiger partial charge in [-0.1, -0.05) is 30.3 Å². The third kappa shape index (κ3) is 3.43. The van der Waals surface area contributed by atoms with E-state index in [-0.39, 0.29) is 17.9 Å². The number of halogens is 3. The topological polar surface area (TPSA) is 28.2 Å². The van der Waals surface area contributed by atoms with Crippen molar-refractivity contribution in [3.8, 4) is 11.3 Å². The number of rotatable bonds is 2. The second kappa shape index (κ2) is 7.33. The Balaban J connectivity index is 0.00000182. The summed E-state index contributed by atoms with van der Waals surface area (Å²) in [5, 5.41) is 3.82. The molecule has 0 saturated carbocycles. The molecule has 0 unspecified atom stereocenters. The van der Waals surface area contributed by atoms with Crippen LogP contribution in [0, 0.1) is 11.6 Å². The zero-order valence-electron chi connectivity index (χ0n) is 13.5. The van der Waals surface area contributed by atoms with Crippen LogP contribution < -0.4 is 10.2 Å². The number of pyridine rings is 1. The van der Waals surface area contributed by atoms with Gasteiger partial charge in [-0.2, -0.15) is 0 Å². The van der Waals surface area contributed by atoms with Crippen LogP contribution in [0.2, 0.25) is 0 Å². The molecule has 0 aliphatic carbocycles. The minimum absolute atomic E-state index is 0. The largest absolute Gasteiger partial charge is 0.368 e. The molecule has 6 heteroatoms. The summed E-state index contributed by atoms with van der Waals surface area (Å²) in [6.45, 7) is 3.29. The van der Waals surface area contributed by atoms with Crippen molar-refractivity contribution in [2.75, 3.05) is 31.1 Å². The molecule has 0 radical (unpaired) electrons. The molecule has 1 fully saturated rings. The predicted octanol–water partition coefficient (Wildman–Crippen LogP) is 4.01. The number of piperazine rings is 1. The van der Waals surface area contributed by atoms with E-state index in [0.29, 0.717) is 11.1 Å². The van der Waals surface area contributed by atoms with Crippen LogP contribution in [0.3, 0.4) is 0 Å². The fraction of sp³-hybridized carbons (Fsp3) is 0.211. The molecule has 0 atom stereocenters. The Kier molecular flexibility index (Phi) is 5.16. The minimum atomic E-state index is -0.626. The molecule has 1 aliphatic heterocycles.